The fraction of sp³-hybridized carbons (Fsp3) is 0.316. The normalized spacial score (nSPS) is 12.7. The second-order valence-electron chi connectivity index (χ2n) is 12.8. The monoisotopic (exact) mass is 670 g/mol. The molecule has 0 aliphatic carbocycles. The van der Waals surface area contributed by atoms with Gasteiger partial charge in [0.1, 0.15) is 11.9 Å². The zero-order valence-corrected chi connectivity index (χ0v) is 29.7. The molecule has 1 aromatic heterocycles. The maximum Gasteiger partial charge on any atom is 0.511 e. The van der Waals surface area contributed by atoms with E-state index in [0.717, 1.165) is 32.9 Å². The smallest absolute Gasteiger partial charge is 0.481 e. The molecule has 6 nitrogen and oxygen atoms in total. The number of aliphatic carboxylic acids is 1. The van der Waals surface area contributed by atoms with Crippen LogP contribution in [0.1, 0.15) is 63.9 Å². The van der Waals surface area contributed by atoms with Gasteiger partial charge < -0.3 is 9.53 Å². The quantitative estimate of drug-likeness (QED) is 0.0939. The van der Waals surface area contributed by atoms with Gasteiger partial charge in [0.05, 0.1) is 17.7 Å². The highest BCUT2D eigenvalue weighted by molar-refractivity contribution is 7.39. The lowest BCUT2D eigenvalue weighted by molar-refractivity contribution is -0.138. The van der Waals surface area contributed by atoms with Crippen molar-refractivity contribution in [2.24, 2.45) is 0 Å². The second kappa shape index (κ2) is 15.7. The van der Waals surface area contributed by atoms with Crippen molar-refractivity contribution in [1.29, 1.82) is 0 Å². The van der Waals surface area contributed by atoms with E-state index < -0.39 is 28.4 Å². The first kappa shape index (κ1) is 35.9. The second-order valence-corrected chi connectivity index (χ2v) is 18.4. The molecule has 4 aromatic rings. The molecule has 0 aliphatic heterocycles. The fourth-order valence-corrected chi connectivity index (χ4v) is 11.5. The first-order valence-corrected chi connectivity index (χ1v) is 18.9. The predicted octanol–water partition coefficient (Wildman–Crippen LogP) is 7.85. The molecule has 1 N–H and O–H groups in total. The first-order chi connectivity index (χ1) is 22.3. The molecule has 47 heavy (non-hydrogen) atoms. The molecular weight excluding hydrogens is 628 g/mol. The van der Waals surface area contributed by atoms with E-state index in [4.69, 9.17) is 13.9 Å². The number of nitrogens with zero attached hydrogens (tertiary/aromatic N) is 1. The van der Waals surface area contributed by atoms with Gasteiger partial charge in [-0.2, -0.15) is 0 Å². The van der Waals surface area contributed by atoms with Crippen LogP contribution < -0.4 is 10.4 Å². The van der Waals surface area contributed by atoms with Crippen molar-refractivity contribution in [2.75, 3.05) is 12.8 Å². The van der Waals surface area contributed by atoms with E-state index in [2.05, 4.69) is 32.6 Å². The number of aryl methyl sites for hydroxylation is 1. The number of halogens is 1. The summed E-state index contributed by atoms with van der Waals surface area (Å²) >= 11 is 0. The van der Waals surface area contributed by atoms with Crippen molar-refractivity contribution in [3.63, 3.8) is 0 Å². The number of benzene rings is 3. The van der Waals surface area contributed by atoms with Gasteiger partial charge in [-0.25, -0.2) is 4.39 Å². The summed E-state index contributed by atoms with van der Waals surface area (Å²) in [5.74, 6) is 4.86. The molecule has 0 fully saturated rings. The molecule has 0 spiro atoms. The third kappa shape index (κ3) is 8.88. The Bertz CT molecular complexity index is 1710. The minimum absolute atomic E-state index is 0.0753. The minimum atomic E-state index is -3.10. The zero-order chi connectivity index (χ0) is 34.2. The van der Waals surface area contributed by atoms with Crippen LogP contribution in [0.15, 0.2) is 91.0 Å². The number of rotatable bonds is 12. The number of carboxylic acids is 1. The largest absolute Gasteiger partial charge is 0.511 e. The Labute approximate surface area is 279 Å². The van der Waals surface area contributed by atoms with E-state index >= 15 is 0 Å². The molecule has 0 radical (unpaired) electrons. The lowest BCUT2D eigenvalue weighted by Crippen LogP contribution is -2.68. The molecule has 9 heteroatoms. The molecule has 0 saturated heterocycles. The van der Waals surface area contributed by atoms with E-state index in [9.17, 15) is 18.9 Å². The van der Waals surface area contributed by atoms with Crippen molar-refractivity contribution in [3.05, 3.63) is 114 Å². The van der Waals surface area contributed by atoms with Crippen LogP contribution in [-0.4, -0.2) is 43.2 Å². The molecule has 4 rings (SSSR count). The summed E-state index contributed by atoms with van der Waals surface area (Å²) in [6, 6.07) is 28.0. The van der Waals surface area contributed by atoms with Crippen LogP contribution in [0, 0.1) is 24.6 Å². The molecular formula is C38H42FNO5PSi+. The Balaban J connectivity index is 1.60. The Morgan fingerprint density at radius 3 is 2.06 bits per heavy atom. The number of carboxylic acid groups (broad SMARTS) is 1. The van der Waals surface area contributed by atoms with Gasteiger partial charge in [0, 0.05) is 11.3 Å². The van der Waals surface area contributed by atoms with E-state index in [1.165, 1.54) is 12.1 Å². The number of hydrogen-bond acceptors (Lipinski definition) is 5. The predicted molar refractivity (Wildman–Crippen MR) is 189 cm³/mol. The van der Waals surface area contributed by atoms with Crippen LogP contribution in [0.2, 0.25) is 5.04 Å². The summed E-state index contributed by atoms with van der Waals surface area (Å²) < 4.78 is 39.7. The highest BCUT2D eigenvalue weighted by Crippen LogP contribution is 2.39. The van der Waals surface area contributed by atoms with Crippen LogP contribution >= 0.6 is 8.03 Å². The molecule has 2 atom stereocenters. The molecule has 1 heterocycles. The summed E-state index contributed by atoms with van der Waals surface area (Å²) in [6.07, 6.45) is -1.29. The molecule has 3 aromatic carbocycles. The average molecular weight is 671 g/mol. The number of carbonyl (C=O) groups is 1. The van der Waals surface area contributed by atoms with Crippen molar-refractivity contribution >= 4 is 32.7 Å². The van der Waals surface area contributed by atoms with Gasteiger partial charge in [-0.05, 0) is 56.6 Å². The van der Waals surface area contributed by atoms with Crippen molar-refractivity contribution in [2.45, 2.75) is 65.0 Å². The van der Waals surface area contributed by atoms with Crippen molar-refractivity contribution in [1.82, 2.24) is 4.98 Å². The summed E-state index contributed by atoms with van der Waals surface area (Å²) in [4.78, 5) is 16.8. The molecule has 0 aliphatic rings. The van der Waals surface area contributed by atoms with Crippen LogP contribution in [0.3, 0.4) is 0 Å². The van der Waals surface area contributed by atoms with Gasteiger partial charge in [-0.1, -0.05) is 119 Å². The van der Waals surface area contributed by atoms with E-state index in [1.54, 1.807) is 12.1 Å². The standard InChI is InChI=1S/C38H41FNO5PSi/c1-27(2)37-34(35(24-28(3)40-37)29-19-21-30(39)22-20-29)18-13-23-44-46(43)26-31(25-36(41)42)45-47(38(4,5)6,32-14-9-7-10-15-32)33-16-11-8-12-17-33/h7-12,14-17,19-22,24,27,31H,23,25-26H2,1-6H3/p+1/t31-/m0/s1. The Morgan fingerprint density at radius 2 is 1.55 bits per heavy atom. The van der Waals surface area contributed by atoms with Crippen LogP contribution in [0.4, 0.5) is 4.39 Å². The molecule has 0 saturated carbocycles. The third-order valence-corrected chi connectivity index (χ3v) is 14.1. The Kier molecular flexibility index (Phi) is 12.0. The minimum Gasteiger partial charge on any atom is -0.481 e. The van der Waals surface area contributed by atoms with Crippen LogP contribution in [0.25, 0.3) is 11.1 Å². The zero-order valence-electron chi connectivity index (χ0n) is 27.8. The van der Waals surface area contributed by atoms with E-state index in [0.29, 0.717) is 5.56 Å². The Morgan fingerprint density at radius 1 is 0.979 bits per heavy atom. The molecule has 0 amide bonds. The van der Waals surface area contributed by atoms with Gasteiger partial charge in [0.15, 0.2) is 6.61 Å². The maximum atomic E-state index is 13.7. The summed E-state index contributed by atoms with van der Waals surface area (Å²) in [7, 11) is -5.41. The van der Waals surface area contributed by atoms with Gasteiger partial charge in [-0.15, -0.1) is 4.52 Å². The lowest BCUT2D eigenvalue weighted by Gasteiger charge is -2.44. The summed E-state index contributed by atoms with van der Waals surface area (Å²) in [5.41, 5.74) is 3.98. The topological polar surface area (TPSA) is 85.7 Å². The average Bonchev–Trinajstić information content (AvgIpc) is 3.02. The fourth-order valence-electron chi connectivity index (χ4n) is 5.83. The van der Waals surface area contributed by atoms with Gasteiger partial charge in [0.2, 0.25) is 6.16 Å². The van der Waals surface area contributed by atoms with Gasteiger partial charge in [0.25, 0.3) is 8.32 Å². The van der Waals surface area contributed by atoms with Crippen LogP contribution in [0.5, 0.6) is 0 Å². The third-order valence-electron chi connectivity index (χ3n) is 7.89. The first-order valence-electron chi connectivity index (χ1n) is 15.7. The number of aromatic nitrogens is 1. The van der Waals surface area contributed by atoms with Crippen molar-refractivity contribution < 1.29 is 27.8 Å². The summed E-state index contributed by atoms with van der Waals surface area (Å²) in [6.45, 7) is 12.2. The van der Waals surface area contributed by atoms with Crippen LogP contribution in [-0.2, 0) is 18.3 Å². The molecule has 0 bridgehead atoms. The number of pyridine rings is 1. The number of hydrogen-bond donors (Lipinski definition) is 1. The SMILES string of the molecule is Cc1cc(-c2ccc(F)cc2)c(C#CCO[P+](=O)C[C@H](CC(=O)O)O[Si](c2ccccc2)(c2ccccc2)C(C)(C)C)c(C(C)C)n1. The summed E-state index contributed by atoms with van der Waals surface area (Å²) in [5, 5.41) is 11.5. The Hall–Kier alpha value is -3.99. The van der Waals surface area contributed by atoms with Gasteiger partial charge in [-0.3, -0.25) is 9.78 Å². The lowest BCUT2D eigenvalue weighted by atomic mass is 9.94. The van der Waals surface area contributed by atoms with Gasteiger partial charge >= 0.3 is 14.0 Å². The maximum absolute atomic E-state index is 13.7. The van der Waals surface area contributed by atoms with Crippen molar-refractivity contribution in [3.8, 4) is 23.0 Å². The van der Waals surface area contributed by atoms with E-state index in [1.807, 2.05) is 87.5 Å². The van der Waals surface area contributed by atoms with E-state index in [-0.39, 0.29) is 36.0 Å². The highest BCUT2D eigenvalue weighted by Gasteiger charge is 2.52. The molecule has 244 valence electrons. The highest BCUT2D eigenvalue weighted by atomic mass is 31.1. The molecule has 1 unspecified atom stereocenters.